The molecule has 0 aliphatic heterocycles. The fraction of sp³-hybridized carbons (Fsp3) is 0.800. The molecule has 13 heavy (non-hydrogen) atoms. The third kappa shape index (κ3) is 2.53. The van der Waals surface area contributed by atoms with Gasteiger partial charge in [-0.3, -0.25) is 4.79 Å². The van der Waals surface area contributed by atoms with Gasteiger partial charge in [-0.1, -0.05) is 0 Å². The lowest BCUT2D eigenvalue weighted by Gasteiger charge is -2.34. The van der Waals surface area contributed by atoms with E-state index in [9.17, 15) is 4.79 Å². The number of nitrogens with one attached hydrogen (secondary N) is 1. The van der Waals surface area contributed by atoms with E-state index < -0.39 is 0 Å². The van der Waals surface area contributed by atoms with Crippen LogP contribution < -0.4 is 5.32 Å². The van der Waals surface area contributed by atoms with Crippen LogP contribution in [0.3, 0.4) is 0 Å². The zero-order valence-electron chi connectivity index (χ0n) is 8.10. The van der Waals surface area contributed by atoms with Gasteiger partial charge < -0.3 is 5.32 Å². The number of hydrogen-bond acceptors (Lipinski definition) is 3. The number of nitriles is 1. The molecule has 3 heteroatoms. The lowest BCUT2D eigenvalue weighted by molar-refractivity contribution is -0.123. The van der Waals surface area contributed by atoms with Crippen LogP contribution in [0.15, 0.2) is 0 Å². The lowest BCUT2D eigenvalue weighted by Crippen LogP contribution is -2.47. The van der Waals surface area contributed by atoms with Crippen LogP contribution in [0.4, 0.5) is 0 Å². The van der Waals surface area contributed by atoms with Crippen molar-refractivity contribution in [2.24, 2.45) is 0 Å². The highest BCUT2D eigenvalue weighted by molar-refractivity contribution is 5.83. The van der Waals surface area contributed by atoms with Gasteiger partial charge in [0.1, 0.15) is 11.3 Å². The molecule has 2 fully saturated rings. The van der Waals surface area contributed by atoms with Crippen LogP contribution in [0.25, 0.3) is 0 Å². The Hall–Kier alpha value is -0.880. The summed E-state index contributed by atoms with van der Waals surface area (Å²) in [6.45, 7) is 0. The Morgan fingerprint density at radius 1 is 1.38 bits per heavy atom. The van der Waals surface area contributed by atoms with Crippen LogP contribution in [0.2, 0.25) is 0 Å². The van der Waals surface area contributed by atoms with Crippen LogP contribution >= 0.6 is 0 Å². The van der Waals surface area contributed by atoms with Crippen molar-refractivity contribution in [2.45, 2.75) is 44.1 Å². The van der Waals surface area contributed by atoms with E-state index in [0.717, 1.165) is 32.1 Å². The quantitative estimate of drug-likeness (QED) is 0.663. The summed E-state index contributed by atoms with van der Waals surface area (Å²) in [7, 11) is 1.85. The third-order valence-electron chi connectivity index (χ3n) is 2.81. The van der Waals surface area contributed by atoms with Crippen molar-refractivity contribution in [2.75, 3.05) is 7.05 Å². The number of nitrogens with zero attached hydrogens (tertiary/aromatic N) is 1. The fourth-order valence-electron chi connectivity index (χ4n) is 1.27. The summed E-state index contributed by atoms with van der Waals surface area (Å²) in [4.78, 5) is 9.90. The Labute approximate surface area is 79.1 Å². The van der Waals surface area contributed by atoms with E-state index in [1.54, 1.807) is 0 Å². The van der Waals surface area contributed by atoms with E-state index in [4.69, 9.17) is 5.26 Å². The van der Waals surface area contributed by atoms with Gasteiger partial charge >= 0.3 is 0 Å². The van der Waals surface area contributed by atoms with Gasteiger partial charge in [-0.05, 0) is 32.7 Å². The van der Waals surface area contributed by atoms with Gasteiger partial charge in [0, 0.05) is 12.8 Å². The molecule has 2 aliphatic rings. The minimum atomic E-state index is -0.139. The SMILES string of the molecule is CNC1(C#N)CCC1.O=C1CCC1. The number of carbonyl (C=O) groups is 1. The smallest absolute Gasteiger partial charge is 0.132 e. The Balaban J connectivity index is 0.000000145. The van der Waals surface area contributed by atoms with Gasteiger partial charge in [0.05, 0.1) is 6.07 Å². The first kappa shape index (κ1) is 10.2. The Morgan fingerprint density at radius 2 is 1.92 bits per heavy atom. The maximum atomic E-state index is 9.90. The normalized spacial score (nSPS) is 22.9. The number of ketones is 1. The second kappa shape index (κ2) is 4.38. The summed E-state index contributed by atoms with van der Waals surface area (Å²) in [6, 6.07) is 2.25. The van der Waals surface area contributed by atoms with Crippen LogP contribution in [0.5, 0.6) is 0 Å². The minimum absolute atomic E-state index is 0.139. The van der Waals surface area contributed by atoms with Crippen molar-refractivity contribution < 1.29 is 4.79 Å². The van der Waals surface area contributed by atoms with Crippen molar-refractivity contribution >= 4 is 5.78 Å². The Bertz CT molecular complexity index is 214. The molecule has 72 valence electrons. The largest absolute Gasteiger partial charge is 0.302 e. The summed E-state index contributed by atoms with van der Waals surface area (Å²) in [6.07, 6.45) is 6.09. The topological polar surface area (TPSA) is 52.9 Å². The standard InChI is InChI=1S/C6H10N2.C4H6O/c1-8-6(5-7)3-2-4-6;5-4-2-1-3-4/h8H,2-4H2,1H3;1-3H2. The molecule has 0 unspecified atom stereocenters. The second-order valence-electron chi connectivity index (χ2n) is 3.69. The van der Waals surface area contributed by atoms with Gasteiger partial charge in [-0.15, -0.1) is 0 Å². The Morgan fingerprint density at radius 3 is 1.92 bits per heavy atom. The number of Topliss-reactive ketones (excluding diaryl/α,β-unsaturated/α-hetero) is 1. The molecule has 0 bridgehead atoms. The van der Waals surface area contributed by atoms with E-state index in [0.29, 0.717) is 5.78 Å². The number of carbonyl (C=O) groups excluding carboxylic acids is 1. The summed E-state index contributed by atoms with van der Waals surface area (Å²) >= 11 is 0. The molecule has 2 saturated carbocycles. The number of rotatable bonds is 1. The van der Waals surface area contributed by atoms with Crippen molar-refractivity contribution in [3.63, 3.8) is 0 Å². The van der Waals surface area contributed by atoms with Gasteiger partial charge in [0.15, 0.2) is 0 Å². The third-order valence-corrected chi connectivity index (χ3v) is 2.81. The van der Waals surface area contributed by atoms with Crippen LogP contribution in [-0.2, 0) is 4.79 Å². The zero-order chi connectivity index (χ0) is 9.73. The summed E-state index contributed by atoms with van der Waals surface area (Å²) in [5, 5.41) is 11.5. The van der Waals surface area contributed by atoms with Gasteiger partial charge in [0.25, 0.3) is 0 Å². The highest BCUT2D eigenvalue weighted by Gasteiger charge is 2.34. The van der Waals surface area contributed by atoms with Crippen LogP contribution in [0.1, 0.15) is 38.5 Å². The van der Waals surface area contributed by atoms with E-state index in [1.807, 2.05) is 7.05 Å². The fourth-order valence-corrected chi connectivity index (χ4v) is 1.27. The molecule has 0 aromatic carbocycles. The highest BCUT2D eigenvalue weighted by atomic mass is 16.1. The first-order valence-electron chi connectivity index (χ1n) is 4.84. The molecule has 0 heterocycles. The van der Waals surface area contributed by atoms with Crippen molar-refractivity contribution in [3.05, 3.63) is 0 Å². The summed E-state index contributed by atoms with van der Waals surface area (Å²) in [5.41, 5.74) is -0.139. The predicted molar refractivity (Wildman–Crippen MR) is 50.1 cm³/mol. The molecule has 0 amide bonds. The van der Waals surface area contributed by atoms with Crippen molar-refractivity contribution in [1.29, 1.82) is 5.26 Å². The van der Waals surface area contributed by atoms with Gasteiger partial charge in [-0.25, -0.2) is 0 Å². The average molecular weight is 180 g/mol. The Kier molecular flexibility index (Phi) is 3.44. The molecule has 1 N–H and O–H groups in total. The maximum Gasteiger partial charge on any atom is 0.132 e. The van der Waals surface area contributed by atoms with Gasteiger partial charge in [-0.2, -0.15) is 5.26 Å². The molecule has 0 saturated heterocycles. The summed E-state index contributed by atoms with van der Waals surface area (Å²) in [5.74, 6) is 0.435. The lowest BCUT2D eigenvalue weighted by atomic mass is 9.78. The van der Waals surface area contributed by atoms with E-state index >= 15 is 0 Å². The summed E-state index contributed by atoms with van der Waals surface area (Å²) < 4.78 is 0. The molecule has 0 aromatic rings. The zero-order valence-corrected chi connectivity index (χ0v) is 8.10. The maximum absolute atomic E-state index is 9.90. The molecular formula is C10H16N2O. The molecular weight excluding hydrogens is 164 g/mol. The van der Waals surface area contributed by atoms with Crippen LogP contribution in [-0.4, -0.2) is 18.4 Å². The first-order valence-corrected chi connectivity index (χ1v) is 4.84. The first-order chi connectivity index (χ1) is 6.22. The van der Waals surface area contributed by atoms with Crippen LogP contribution in [0, 0.1) is 11.3 Å². The number of hydrogen-bond donors (Lipinski definition) is 1. The molecule has 0 atom stereocenters. The van der Waals surface area contributed by atoms with Crippen molar-refractivity contribution in [3.8, 4) is 6.07 Å². The molecule has 0 radical (unpaired) electrons. The van der Waals surface area contributed by atoms with E-state index in [1.165, 1.54) is 6.42 Å². The van der Waals surface area contributed by atoms with E-state index in [2.05, 4.69) is 11.4 Å². The molecule has 2 aliphatic carbocycles. The molecule has 0 spiro atoms. The van der Waals surface area contributed by atoms with Crippen molar-refractivity contribution in [1.82, 2.24) is 5.32 Å². The highest BCUT2D eigenvalue weighted by Crippen LogP contribution is 2.29. The second-order valence-corrected chi connectivity index (χ2v) is 3.69. The van der Waals surface area contributed by atoms with E-state index in [-0.39, 0.29) is 5.54 Å². The molecule has 3 nitrogen and oxygen atoms in total. The predicted octanol–water partition coefficient (Wildman–Crippen LogP) is 1.39. The van der Waals surface area contributed by atoms with Gasteiger partial charge in [0.2, 0.25) is 0 Å². The average Bonchev–Trinajstić information content (AvgIpc) is 2.02. The molecule has 2 rings (SSSR count). The molecule has 0 aromatic heterocycles. The minimum Gasteiger partial charge on any atom is -0.302 e. The monoisotopic (exact) mass is 180 g/mol.